The van der Waals surface area contributed by atoms with Gasteiger partial charge in [-0.15, -0.1) is 0 Å². The van der Waals surface area contributed by atoms with E-state index in [1.54, 1.807) is 18.2 Å². The molecule has 110 valence electrons. The average Bonchev–Trinajstić information content (AvgIpc) is 3.32. The number of halogens is 1. The fourth-order valence-corrected chi connectivity index (χ4v) is 2.23. The highest BCUT2D eigenvalue weighted by atomic mass is 35.5. The van der Waals surface area contributed by atoms with Crippen LogP contribution in [0.1, 0.15) is 12.8 Å². The van der Waals surface area contributed by atoms with Gasteiger partial charge < -0.3 is 10.1 Å². The molecule has 1 amide bonds. The number of nitrogens with zero attached hydrogens (tertiary/aromatic N) is 1. The summed E-state index contributed by atoms with van der Waals surface area (Å²) in [6.45, 7) is 0. The number of carbonyl (C=O) groups excluding carboxylic acids is 1. The summed E-state index contributed by atoms with van der Waals surface area (Å²) in [4.78, 5) is 12.2. The quantitative estimate of drug-likeness (QED) is 0.911. The largest absolute Gasteiger partial charge is 0.455 e. The summed E-state index contributed by atoms with van der Waals surface area (Å²) in [5.74, 6) is 0.828. The zero-order chi connectivity index (χ0) is 15.6. The zero-order valence-corrected chi connectivity index (χ0v) is 12.4. The molecule has 5 heteroatoms. The van der Waals surface area contributed by atoms with E-state index in [0.717, 1.165) is 0 Å². The molecule has 4 nitrogen and oxygen atoms in total. The smallest absolute Gasteiger partial charge is 0.244 e. The van der Waals surface area contributed by atoms with E-state index >= 15 is 0 Å². The summed E-state index contributed by atoms with van der Waals surface area (Å²) in [7, 11) is 0. The molecule has 1 aliphatic rings. The Kier molecular flexibility index (Phi) is 3.74. The first kappa shape index (κ1) is 14.4. The second kappa shape index (κ2) is 5.70. The van der Waals surface area contributed by atoms with E-state index in [-0.39, 0.29) is 5.91 Å². The van der Waals surface area contributed by atoms with Gasteiger partial charge in [-0.2, -0.15) is 5.26 Å². The topological polar surface area (TPSA) is 62.1 Å². The van der Waals surface area contributed by atoms with Gasteiger partial charge in [-0.3, -0.25) is 4.79 Å². The molecule has 2 aromatic carbocycles. The molecule has 0 atom stereocenters. The Bertz CT molecular complexity index is 749. The molecule has 0 saturated heterocycles. The van der Waals surface area contributed by atoms with Crippen molar-refractivity contribution in [1.82, 2.24) is 0 Å². The van der Waals surface area contributed by atoms with Gasteiger partial charge in [-0.05, 0) is 43.2 Å². The third-order valence-electron chi connectivity index (χ3n) is 3.56. The van der Waals surface area contributed by atoms with E-state index < -0.39 is 5.41 Å². The number of nitriles is 1. The van der Waals surface area contributed by atoms with E-state index in [2.05, 4.69) is 11.4 Å². The van der Waals surface area contributed by atoms with Crippen LogP contribution < -0.4 is 10.1 Å². The first-order valence-corrected chi connectivity index (χ1v) is 7.26. The standard InChI is InChI=1S/C17H13ClN2O2/c18-12-6-7-15(22-13-4-2-1-3-5-13)14(10-12)20-16(21)17(11-19)8-9-17/h1-7,10H,8-9H2,(H,20,21). The Morgan fingerprint density at radius 2 is 1.95 bits per heavy atom. The molecule has 1 saturated carbocycles. The minimum atomic E-state index is -0.896. The number of rotatable bonds is 4. The van der Waals surface area contributed by atoms with E-state index in [9.17, 15) is 4.79 Å². The molecule has 22 heavy (non-hydrogen) atoms. The SMILES string of the molecule is N#CC1(C(=O)Nc2cc(Cl)ccc2Oc2ccccc2)CC1. The minimum absolute atomic E-state index is 0.310. The van der Waals surface area contributed by atoms with Crippen LogP contribution in [0.25, 0.3) is 0 Å². The molecule has 0 heterocycles. The minimum Gasteiger partial charge on any atom is -0.455 e. The number of amides is 1. The summed E-state index contributed by atoms with van der Waals surface area (Å²) in [6, 6.07) is 16.3. The molecule has 0 unspecified atom stereocenters. The Hall–Kier alpha value is -2.51. The number of anilines is 1. The summed E-state index contributed by atoms with van der Waals surface area (Å²) in [5.41, 5.74) is -0.435. The van der Waals surface area contributed by atoms with E-state index in [1.165, 1.54) is 0 Å². The van der Waals surface area contributed by atoms with Gasteiger partial charge in [0, 0.05) is 5.02 Å². The third kappa shape index (κ3) is 2.90. The van der Waals surface area contributed by atoms with Gasteiger partial charge in [0.1, 0.15) is 11.2 Å². The van der Waals surface area contributed by atoms with Crippen LogP contribution in [0.5, 0.6) is 11.5 Å². The van der Waals surface area contributed by atoms with Crippen LogP contribution in [0.2, 0.25) is 5.02 Å². The molecule has 0 radical (unpaired) electrons. The Labute approximate surface area is 133 Å². The molecule has 1 N–H and O–H groups in total. The van der Waals surface area contributed by atoms with Crippen molar-refractivity contribution in [3.8, 4) is 17.6 Å². The van der Waals surface area contributed by atoms with Gasteiger partial charge in [0.2, 0.25) is 5.91 Å². The Morgan fingerprint density at radius 3 is 2.59 bits per heavy atom. The number of benzene rings is 2. The maximum Gasteiger partial charge on any atom is 0.244 e. The summed E-state index contributed by atoms with van der Waals surface area (Å²) >= 11 is 6.00. The van der Waals surface area contributed by atoms with Crippen LogP contribution in [-0.2, 0) is 4.79 Å². The van der Waals surface area contributed by atoms with Gasteiger partial charge >= 0.3 is 0 Å². The molecule has 3 rings (SSSR count). The highest BCUT2D eigenvalue weighted by Gasteiger charge is 2.50. The van der Waals surface area contributed by atoms with Gasteiger partial charge in [0.15, 0.2) is 5.75 Å². The number of nitrogens with one attached hydrogen (secondary N) is 1. The van der Waals surface area contributed by atoms with Crippen LogP contribution >= 0.6 is 11.6 Å². The van der Waals surface area contributed by atoms with Crippen LogP contribution in [0.15, 0.2) is 48.5 Å². The number of hydrogen-bond acceptors (Lipinski definition) is 3. The normalized spacial score (nSPS) is 14.7. The summed E-state index contributed by atoms with van der Waals surface area (Å²) < 4.78 is 5.78. The van der Waals surface area contributed by atoms with Crippen molar-refractivity contribution in [1.29, 1.82) is 5.26 Å². The van der Waals surface area contributed by atoms with Crippen molar-refractivity contribution in [2.45, 2.75) is 12.8 Å². The molecule has 0 spiro atoms. The molecule has 0 bridgehead atoms. The maximum absolute atomic E-state index is 12.2. The monoisotopic (exact) mass is 312 g/mol. The Balaban J connectivity index is 1.85. The van der Waals surface area contributed by atoms with Crippen LogP contribution in [0, 0.1) is 16.7 Å². The molecular weight excluding hydrogens is 300 g/mol. The number of hydrogen-bond donors (Lipinski definition) is 1. The highest BCUT2D eigenvalue weighted by Crippen LogP contribution is 2.46. The lowest BCUT2D eigenvalue weighted by molar-refractivity contribution is -0.119. The predicted octanol–water partition coefficient (Wildman–Crippen LogP) is 4.37. The molecule has 2 aromatic rings. The lowest BCUT2D eigenvalue weighted by Gasteiger charge is -2.14. The van der Waals surface area contributed by atoms with Gasteiger partial charge in [0.25, 0.3) is 0 Å². The van der Waals surface area contributed by atoms with E-state index in [1.807, 2.05) is 30.3 Å². The first-order chi connectivity index (χ1) is 10.6. The average molecular weight is 313 g/mol. The number of para-hydroxylation sites is 1. The van der Waals surface area contributed by atoms with Crippen LogP contribution in [0.3, 0.4) is 0 Å². The lowest BCUT2D eigenvalue weighted by atomic mass is 10.1. The number of carbonyl (C=O) groups is 1. The fraction of sp³-hybridized carbons (Fsp3) is 0.176. The maximum atomic E-state index is 12.2. The highest BCUT2D eigenvalue weighted by molar-refractivity contribution is 6.31. The van der Waals surface area contributed by atoms with Crippen molar-refractivity contribution in [2.24, 2.45) is 5.41 Å². The van der Waals surface area contributed by atoms with Gasteiger partial charge in [0.05, 0.1) is 11.8 Å². The molecule has 0 aliphatic heterocycles. The van der Waals surface area contributed by atoms with Crippen LogP contribution in [-0.4, -0.2) is 5.91 Å². The van der Waals surface area contributed by atoms with Crippen LogP contribution in [0.4, 0.5) is 5.69 Å². The van der Waals surface area contributed by atoms with E-state index in [0.29, 0.717) is 35.1 Å². The van der Waals surface area contributed by atoms with E-state index in [4.69, 9.17) is 21.6 Å². The van der Waals surface area contributed by atoms with Crippen molar-refractivity contribution < 1.29 is 9.53 Å². The molecule has 0 aromatic heterocycles. The van der Waals surface area contributed by atoms with Gasteiger partial charge in [-0.1, -0.05) is 29.8 Å². The predicted molar refractivity (Wildman–Crippen MR) is 83.9 cm³/mol. The molecular formula is C17H13ClN2O2. The van der Waals surface area contributed by atoms with Crippen molar-refractivity contribution >= 4 is 23.2 Å². The third-order valence-corrected chi connectivity index (χ3v) is 3.79. The second-order valence-corrected chi connectivity index (χ2v) is 5.64. The Morgan fingerprint density at radius 1 is 1.23 bits per heavy atom. The van der Waals surface area contributed by atoms with Gasteiger partial charge in [-0.25, -0.2) is 0 Å². The summed E-state index contributed by atoms with van der Waals surface area (Å²) in [5, 5.41) is 12.3. The van der Waals surface area contributed by atoms with Crippen molar-refractivity contribution in [3.05, 3.63) is 53.6 Å². The molecule has 1 aliphatic carbocycles. The summed E-state index contributed by atoms with van der Waals surface area (Å²) in [6.07, 6.45) is 1.18. The first-order valence-electron chi connectivity index (χ1n) is 6.88. The number of ether oxygens (including phenoxy) is 1. The second-order valence-electron chi connectivity index (χ2n) is 5.20. The molecule has 1 fully saturated rings. The van der Waals surface area contributed by atoms with Crippen molar-refractivity contribution in [3.63, 3.8) is 0 Å². The van der Waals surface area contributed by atoms with Crippen molar-refractivity contribution in [2.75, 3.05) is 5.32 Å². The zero-order valence-electron chi connectivity index (χ0n) is 11.7. The fourth-order valence-electron chi connectivity index (χ4n) is 2.06. The lowest BCUT2D eigenvalue weighted by Crippen LogP contribution is -2.22.